The van der Waals surface area contributed by atoms with Crippen molar-refractivity contribution in [2.75, 3.05) is 27.2 Å². The second-order valence-electron chi connectivity index (χ2n) is 6.25. The molecule has 0 saturated carbocycles. The van der Waals surface area contributed by atoms with Gasteiger partial charge in [-0.1, -0.05) is 6.08 Å². The first-order valence-corrected chi connectivity index (χ1v) is 8.61. The van der Waals surface area contributed by atoms with Gasteiger partial charge in [-0.05, 0) is 26.0 Å². The third-order valence-corrected chi connectivity index (χ3v) is 4.59. The van der Waals surface area contributed by atoms with E-state index in [2.05, 4.69) is 16.1 Å². The molecule has 7 heteroatoms. The molecule has 2 aliphatic heterocycles. The van der Waals surface area contributed by atoms with Crippen molar-refractivity contribution >= 4 is 19.4 Å². The van der Waals surface area contributed by atoms with Gasteiger partial charge in [0.1, 0.15) is 24.9 Å². The van der Waals surface area contributed by atoms with Gasteiger partial charge in [-0.15, -0.1) is 0 Å². The maximum absolute atomic E-state index is 12.7. The molecule has 0 atom stereocenters. The molecule has 148 valence electrons. The Labute approximate surface area is 161 Å². The second-order valence-corrected chi connectivity index (χ2v) is 6.25. The monoisotopic (exact) mass is 375 g/mol. The fourth-order valence-electron chi connectivity index (χ4n) is 3.13. The largest absolute Gasteiger partial charge is 0.486 e. The number of ketones is 1. The fourth-order valence-corrected chi connectivity index (χ4v) is 3.13. The van der Waals surface area contributed by atoms with Gasteiger partial charge in [0.25, 0.3) is 0 Å². The van der Waals surface area contributed by atoms with E-state index in [0.717, 1.165) is 25.9 Å². The van der Waals surface area contributed by atoms with Crippen LogP contribution in [0, 0.1) is 11.3 Å². The molecule has 0 aliphatic carbocycles. The summed E-state index contributed by atoms with van der Waals surface area (Å²) in [6.45, 7) is 9.42. The summed E-state index contributed by atoms with van der Waals surface area (Å²) in [4.78, 5) is 28.7. The van der Waals surface area contributed by atoms with E-state index in [-0.39, 0.29) is 5.78 Å². The molecule has 0 N–H and O–H groups in total. The van der Waals surface area contributed by atoms with Gasteiger partial charge in [0.2, 0.25) is 0 Å². The summed E-state index contributed by atoms with van der Waals surface area (Å²) in [5.41, 5.74) is 0.600. The topological polar surface area (TPSA) is 90.7 Å². The van der Waals surface area contributed by atoms with Crippen molar-refractivity contribution in [3.05, 3.63) is 35.1 Å². The van der Waals surface area contributed by atoms with Crippen molar-refractivity contribution in [2.24, 2.45) is 0 Å². The predicted octanol–water partition coefficient (Wildman–Crippen LogP) is 2.22. The Kier molecular flexibility index (Phi) is 10.8. The lowest BCUT2D eigenvalue weighted by Crippen LogP contribution is -2.52. The van der Waals surface area contributed by atoms with Gasteiger partial charge in [0.15, 0.2) is 5.78 Å². The number of hydrogen-bond acceptors (Lipinski definition) is 7. The zero-order valence-electron chi connectivity index (χ0n) is 16.7. The highest BCUT2D eigenvalue weighted by atomic mass is 16.5. The van der Waals surface area contributed by atoms with Gasteiger partial charge >= 0.3 is 0 Å². The standard InChI is InChI=1S/C18H25N3O2.2CH2O/c1-5-14(13-19)11-15-16(22)12-18(23-17(15)6-2)7-9-21(10-8-18)20(3)4;2*1-2/h5-6,11H,7-10,12H2,1-4H3;2*1H2/b14-5+,15-11-,17-6+;;. The number of hydrogen-bond donors (Lipinski definition) is 0. The fraction of sp³-hybridized carbons (Fsp3) is 0.500. The number of nitriles is 1. The Morgan fingerprint density at radius 2 is 1.78 bits per heavy atom. The normalized spacial score (nSPS) is 22.4. The molecule has 2 aliphatic rings. The number of carbonyl (C=O) groups excluding carboxylic acids is 3. The van der Waals surface area contributed by atoms with Gasteiger partial charge in [0, 0.05) is 45.6 Å². The van der Waals surface area contributed by atoms with Gasteiger partial charge < -0.3 is 14.3 Å². The van der Waals surface area contributed by atoms with Gasteiger partial charge in [-0.2, -0.15) is 5.26 Å². The highest BCUT2D eigenvalue weighted by molar-refractivity contribution is 6.01. The Hall–Kier alpha value is -2.56. The minimum absolute atomic E-state index is 0.0669. The van der Waals surface area contributed by atoms with Crippen LogP contribution in [-0.2, 0) is 19.1 Å². The average Bonchev–Trinajstić information content (AvgIpc) is 2.70. The van der Waals surface area contributed by atoms with E-state index >= 15 is 0 Å². The first kappa shape index (κ1) is 24.4. The third-order valence-electron chi connectivity index (χ3n) is 4.59. The average molecular weight is 375 g/mol. The van der Waals surface area contributed by atoms with Crippen LogP contribution in [0.3, 0.4) is 0 Å². The Morgan fingerprint density at radius 3 is 2.19 bits per heavy atom. The molecule has 1 spiro atoms. The highest BCUT2D eigenvalue weighted by Crippen LogP contribution is 2.39. The smallest absolute Gasteiger partial charge is 0.170 e. The number of allylic oxidation sites excluding steroid dienone is 5. The number of Topliss-reactive ketones (excluding diaryl/α,β-unsaturated/α-hetero) is 1. The number of piperidine rings is 1. The van der Waals surface area contributed by atoms with Crippen molar-refractivity contribution in [1.82, 2.24) is 10.0 Å². The molecule has 2 fully saturated rings. The molecule has 0 unspecified atom stereocenters. The lowest BCUT2D eigenvalue weighted by Gasteiger charge is -2.46. The van der Waals surface area contributed by atoms with E-state index in [4.69, 9.17) is 19.6 Å². The number of rotatable bonds is 2. The van der Waals surface area contributed by atoms with Gasteiger partial charge in [-0.3, -0.25) is 4.79 Å². The SMILES string of the molecule is C=O.C=O.C\C=C(C#N)/C=C1/C(=O)CC2(CCN(N(C)C)CC2)O/C1=C/C. The quantitative estimate of drug-likeness (QED) is 0.540. The molecular formula is C20H29N3O4. The summed E-state index contributed by atoms with van der Waals surface area (Å²) < 4.78 is 6.26. The van der Waals surface area contributed by atoms with Crippen molar-refractivity contribution in [3.8, 4) is 6.07 Å². The Balaban J connectivity index is 0.00000158. The predicted molar refractivity (Wildman–Crippen MR) is 103 cm³/mol. The first-order chi connectivity index (χ1) is 12.9. The molecule has 0 amide bonds. The third kappa shape index (κ3) is 6.27. The van der Waals surface area contributed by atoms with Crippen molar-refractivity contribution < 1.29 is 19.1 Å². The van der Waals surface area contributed by atoms with Crippen LogP contribution >= 0.6 is 0 Å². The van der Waals surface area contributed by atoms with Crippen molar-refractivity contribution in [2.45, 2.75) is 38.7 Å². The van der Waals surface area contributed by atoms with E-state index in [1.807, 2.05) is 40.7 Å². The molecule has 0 radical (unpaired) electrons. The molecule has 0 bridgehead atoms. The molecule has 2 heterocycles. The van der Waals surface area contributed by atoms with Crippen LogP contribution in [-0.4, -0.2) is 62.2 Å². The molecule has 2 rings (SSSR count). The van der Waals surface area contributed by atoms with Crippen LogP contribution in [0.15, 0.2) is 35.1 Å². The van der Waals surface area contributed by atoms with E-state index in [1.165, 1.54) is 0 Å². The van der Waals surface area contributed by atoms with E-state index in [0.29, 0.717) is 23.3 Å². The Bertz CT molecular complexity index is 634. The summed E-state index contributed by atoms with van der Waals surface area (Å²) in [6.07, 6.45) is 7.22. The van der Waals surface area contributed by atoms with E-state index in [1.54, 1.807) is 19.1 Å². The zero-order chi connectivity index (χ0) is 21.0. The summed E-state index contributed by atoms with van der Waals surface area (Å²) in [5, 5.41) is 13.4. The zero-order valence-corrected chi connectivity index (χ0v) is 16.7. The lowest BCUT2D eigenvalue weighted by molar-refractivity contribution is -0.136. The minimum atomic E-state index is -0.397. The molecule has 0 aromatic rings. The van der Waals surface area contributed by atoms with Crippen molar-refractivity contribution in [1.29, 1.82) is 5.26 Å². The van der Waals surface area contributed by atoms with Crippen LogP contribution in [0.4, 0.5) is 0 Å². The maximum Gasteiger partial charge on any atom is 0.170 e. The lowest BCUT2D eigenvalue weighted by atomic mass is 9.81. The molecular weight excluding hydrogens is 346 g/mol. The van der Waals surface area contributed by atoms with Crippen molar-refractivity contribution in [3.63, 3.8) is 0 Å². The molecule has 2 saturated heterocycles. The second kappa shape index (κ2) is 11.9. The van der Waals surface area contributed by atoms with Crippen LogP contribution in [0.5, 0.6) is 0 Å². The number of ether oxygens (including phenoxy) is 1. The van der Waals surface area contributed by atoms with Crippen LogP contribution < -0.4 is 0 Å². The molecule has 27 heavy (non-hydrogen) atoms. The first-order valence-electron chi connectivity index (χ1n) is 8.61. The van der Waals surface area contributed by atoms with Gasteiger partial charge in [0.05, 0.1) is 18.1 Å². The highest BCUT2D eigenvalue weighted by Gasteiger charge is 2.44. The molecule has 0 aromatic carbocycles. The summed E-state index contributed by atoms with van der Waals surface area (Å²) in [7, 11) is 4.06. The number of hydrazine groups is 1. The van der Waals surface area contributed by atoms with E-state index < -0.39 is 5.60 Å². The number of carbonyl (C=O) groups is 3. The minimum Gasteiger partial charge on any atom is -0.486 e. The van der Waals surface area contributed by atoms with Gasteiger partial charge in [-0.25, -0.2) is 10.0 Å². The summed E-state index contributed by atoms with van der Waals surface area (Å²) >= 11 is 0. The maximum atomic E-state index is 12.7. The van der Waals surface area contributed by atoms with Crippen LogP contribution in [0.2, 0.25) is 0 Å². The molecule has 7 nitrogen and oxygen atoms in total. The molecule has 0 aromatic heterocycles. The van der Waals surface area contributed by atoms with Crippen LogP contribution in [0.25, 0.3) is 0 Å². The summed E-state index contributed by atoms with van der Waals surface area (Å²) in [6, 6.07) is 2.09. The summed E-state index contributed by atoms with van der Waals surface area (Å²) in [5.74, 6) is 0.673. The Morgan fingerprint density at radius 1 is 1.22 bits per heavy atom. The number of nitrogens with zero attached hydrogens (tertiary/aromatic N) is 3. The van der Waals surface area contributed by atoms with E-state index in [9.17, 15) is 4.79 Å². The van der Waals surface area contributed by atoms with Crippen LogP contribution in [0.1, 0.15) is 33.1 Å².